The summed E-state index contributed by atoms with van der Waals surface area (Å²) < 4.78 is 1.60. The van der Waals surface area contributed by atoms with Crippen LogP contribution in [0.2, 0.25) is 0 Å². The van der Waals surface area contributed by atoms with Gasteiger partial charge >= 0.3 is 0 Å². The van der Waals surface area contributed by atoms with Crippen LogP contribution in [0.4, 0.5) is 5.69 Å². The van der Waals surface area contributed by atoms with Crippen molar-refractivity contribution >= 4 is 22.5 Å². The number of hydrogen-bond acceptors (Lipinski definition) is 3. The Kier molecular flexibility index (Phi) is 6.93. The zero-order valence-electron chi connectivity index (χ0n) is 22.2. The number of hydrogen-bond donors (Lipinski definition) is 1. The molecule has 5 nitrogen and oxygen atoms in total. The van der Waals surface area contributed by atoms with Crippen LogP contribution in [0.5, 0.6) is 0 Å². The van der Waals surface area contributed by atoms with E-state index in [1.807, 2.05) is 62.5 Å². The lowest BCUT2D eigenvalue weighted by Gasteiger charge is -2.13. The third-order valence-electron chi connectivity index (χ3n) is 7.04. The number of aromatic nitrogens is 2. The summed E-state index contributed by atoms with van der Waals surface area (Å²) in [5.74, 6) is -0.401. The Bertz CT molecular complexity index is 1720. The number of aryl methyl sites for hydroxylation is 4. The van der Waals surface area contributed by atoms with Crippen molar-refractivity contribution in [1.82, 2.24) is 9.55 Å². The van der Waals surface area contributed by atoms with Crippen molar-refractivity contribution in [2.75, 3.05) is 5.32 Å². The monoisotopic (exact) mass is 501 g/mol. The van der Waals surface area contributed by atoms with E-state index in [2.05, 4.69) is 48.4 Å². The van der Waals surface area contributed by atoms with E-state index in [0.29, 0.717) is 12.2 Å². The highest BCUT2D eigenvalue weighted by molar-refractivity contribution is 6.04. The summed E-state index contributed by atoms with van der Waals surface area (Å²) in [4.78, 5) is 30.9. The van der Waals surface area contributed by atoms with Crippen molar-refractivity contribution in [2.45, 2.75) is 40.7 Å². The van der Waals surface area contributed by atoms with Crippen LogP contribution in [0.1, 0.15) is 49.3 Å². The Morgan fingerprint density at radius 2 is 1.61 bits per heavy atom. The van der Waals surface area contributed by atoms with Gasteiger partial charge in [0.05, 0.1) is 12.1 Å². The van der Waals surface area contributed by atoms with E-state index in [1.165, 1.54) is 16.7 Å². The highest BCUT2D eigenvalue weighted by atomic mass is 16.2. The smallest absolute Gasteiger partial charge is 0.263 e. The molecule has 5 rings (SSSR count). The van der Waals surface area contributed by atoms with Crippen LogP contribution in [-0.4, -0.2) is 15.5 Å². The van der Waals surface area contributed by atoms with Gasteiger partial charge in [0, 0.05) is 23.5 Å². The number of amides is 1. The van der Waals surface area contributed by atoms with Crippen molar-refractivity contribution in [2.24, 2.45) is 0 Å². The zero-order chi connectivity index (χ0) is 26.8. The third-order valence-corrected chi connectivity index (χ3v) is 7.04. The van der Waals surface area contributed by atoms with E-state index < -0.39 is 5.91 Å². The van der Waals surface area contributed by atoms with Gasteiger partial charge in [0.25, 0.3) is 11.5 Å². The van der Waals surface area contributed by atoms with Gasteiger partial charge in [-0.3, -0.25) is 14.6 Å². The lowest BCUT2D eigenvalue weighted by Crippen LogP contribution is -2.29. The standard InChI is InChI=1S/C33H31N3O2/c1-21-14-29(33(38)36(19-21)20-25-8-6-5-7-9-25)32(37)35-30-11-10-26(15-24(30)4)18-27-12-13-34-31-17-23(3)22(2)16-28(27)31/h5-17,19H,18,20H2,1-4H3,(H,35,37). The molecule has 2 aromatic heterocycles. The molecule has 190 valence electrons. The van der Waals surface area contributed by atoms with Crippen molar-refractivity contribution in [3.8, 4) is 0 Å². The van der Waals surface area contributed by atoms with Gasteiger partial charge in [0.15, 0.2) is 0 Å². The van der Waals surface area contributed by atoms with E-state index in [9.17, 15) is 9.59 Å². The summed E-state index contributed by atoms with van der Waals surface area (Å²) >= 11 is 0. The molecule has 3 aromatic carbocycles. The predicted octanol–water partition coefficient (Wildman–Crippen LogP) is 6.52. The fourth-order valence-electron chi connectivity index (χ4n) is 4.85. The van der Waals surface area contributed by atoms with Crippen molar-refractivity contribution in [1.29, 1.82) is 0 Å². The summed E-state index contributed by atoms with van der Waals surface area (Å²) in [6.45, 7) is 8.51. The van der Waals surface area contributed by atoms with Gasteiger partial charge in [-0.25, -0.2) is 0 Å². The summed E-state index contributed by atoms with van der Waals surface area (Å²) in [5, 5.41) is 4.12. The van der Waals surface area contributed by atoms with Crippen LogP contribution in [0.15, 0.2) is 90.0 Å². The van der Waals surface area contributed by atoms with Crippen LogP contribution >= 0.6 is 0 Å². The van der Waals surface area contributed by atoms with Gasteiger partial charge < -0.3 is 9.88 Å². The van der Waals surface area contributed by atoms with Crippen molar-refractivity contribution in [3.63, 3.8) is 0 Å². The molecule has 0 aliphatic carbocycles. The summed E-state index contributed by atoms with van der Waals surface area (Å²) in [6.07, 6.45) is 4.41. The number of nitrogens with zero attached hydrogens (tertiary/aromatic N) is 2. The number of carbonyl (C=O) groups excluding carboxylic acids is 1. The predicted molar refractivity (Wildman–Crippen MR) is 154 cm³/mol. The van der Waals surface area contributed by atoms with Gasteiger partial charge in [-0.15, -0.1) is 0 Å². The minimum Gasteiger partial charge on any atom is -0.322 e. The Labute approximate surface area is 222 Å². The highest BCUT2D eigenvalue weighted by Crippen LogP contribution is 2.25. The molecular formula is C33H31N3O2. The fourth-order valence-corrected chi connectivity index (χ4v) is 4.85. The minimum absolute atomic E-state index is 0.137. The first-order chi connectivity index (χ1) is 18.3. The molecule has 0 aliphatic rings. The normalized spacial score (nSPS) is 11.1. The molecule has 0 bridgehead atoms. The van der Waals surface area contributed by atoms with Crippen molar-refractivity contribution < 1.29 is 4.79 Å². The number of nitrogens with one attached hydrogen (secondary N) is 1. The molecule has 2 heterocycles. The molecule has 5 aromatic rings. The second kappa shape index (κ2) is 10.5. The van der Waals surface area contributed by atoms with Gasteiger partial charge in [0.2, 0.25) is 0 Å². The Morgan fingerprint density at radius 3 is 2.37 bits per heavy atom. The molecule has 0 spiro atoms. The van der Waals surface area contributed by atoms with Crippen LogP contribution in [0.25, 0.3) is 10.9 Å². The molecule has 0 unspecified atom stereocenters. The first-order valence-electron chi connectivity index (χ1n) is 12.8. The number of fused-ring (bicyclic) bond motifs is 1. The Morgan fingerprint density at radius 1 is 0.842 bits per heavy atom. The molecule has 1 amide bonds. The SMILES string of the molecule is Cc1cc(C(=O)Nc2ccc(Cc3ccnc4cc(C)c(C)cc34)cc2C)c(=O)n(Cc2ccccc2)c1. The molecule has 38 heavy (non-hydrogen) atoms. The molecule has 0 atom stereocenters. The molecule has 0 radical (unpaired) electrons. The number of benzene rings is 3. The average molecular weight is 502 g/mol. The molecule has 1 N–H and O–H groups in total. The maximum Gasteiger partial charge on any atom is 0.263 e. The average Bonchev–Trinajstić information content (AvgIpc) is 2.89. The maximum absolute atomic E-state index is 13.2. The number of anilines is 1. The maximum atomic E-state index is 13.2. The van der Waals surface area contributed by atoms with Crippen molar-refractivity contribution in [3.05, 3.63) is 140 Å². The molecule has 0 aliphatic heterocycles. The first kappa shape index (κ1) is 25.2. The minimum atomic E-state index is -0.401. The second-order valence-corrected chi connectivity index (χ2v) is 10.1. The highest BCUT2D eigenvalue weighted by Gasteiger charge is 2.15. The fraction of sp³-hybridized carbons (Fsp3) is 0.182. The van der Waals surface area contributed by atoms with Gasteiger partial charge in [-0.2, -0.15) is 0 Å². The molecule has 5 heteroatoms. The van der Waals surface area contributed by atoms with Crippen LogP contribution in [0.3, 0.4) is 0 Å². The summed E-state index contributed by atoms with van der Waals surface area (Å²) in [7, 11) is 0. The van der Waals surface area contributed by atoms with E-state index in [4.69, 9.17) is 0 Å². The molecule has 0 fully saturated rings. The van der Waals surface area contributed by atoms with E-state index >= 15 is 0 Å². The topological polar surface area (TPSA) is 64.0 Å². The Hall–Kier alpha value is -4.51. The molecule has 0 saturated carbocycles. The largest absolute Gasteiger partial charge is 0.322 e. The van der Waals surface area contributed by atoms with E-state index in [-0.39, 0.29) is 11.1 Å². The molecule has 0 saturated heterocycles. The third kappa shape index (κ3) is 5.28. The first-order valence-corrected chi connectivity index (χ1v) is 12.8. The second-order valence-electron chi connectivity index (χ2n) is 10.1. The van der Waals surface area contributed by atoms with E-state index in [1.54, 1.807) is 16.8 Å². The number of rotatable bonds is 6. The van der Waals surface area contributed by atoms with Crippen LogP contribution < -0.4 is 10.9 Å². The lowest BCUT2D eigenvalue weighted by molar-refractivity contribution is 0.102. The number of pyridine rings is 2. The molecular weight excluding hydrogens is 470 g/mol. The lowest BCUT2D eigenvalue weighted by atomic mass is 9.97. The Balaban J connectivity index is 1.37. The van der Waals surface area contributed by atoms with Crippen LogP contribution in [0, 0.1) is 27.7 Å². The van der Waals surface area contributed by atoms with Gasteiger partial charge in [0.1, 0.15) is 5.56 Å². The zero-order valence-corrected chi connectivity index (χ0v) is 22.2. The summed E-state index contributed by atoms with van der Waals surface area (Å²) in [5.41, 5.74) is 9.18. The summed E-state index contributed by atoms with van der Waals surface area (Å²) in [6, 6.07) is 23.9. The van der Waals surface area contributed by atoms with Gasteiger partial charge in [-0.05, 0) is 103 Å². The van der Waals surface area contributed by atoms with Gasteiger partial charge in [-0.1, -0.05) is 42.5 Å². The quantitative estimate of drug-likeness (QED) is 0.288. The van der Waals surface area contributed by atoms with E-state index in [0.717, 1.165) is 39.6 Å². The number of carbonyl (C=O) groups is 1. The van der Waals surface area contributed by atoms with Crippen LogP contribution in [-0.2, 0) is 13.0 Å².